The topological polar surface area (TPSA) is 60.2 Å². The lowest BCUT2D eigenvalue weighted by molar-refractivity contribution is 0.311. The third kappa shape index (κ3) is 2.03. The Morgan fingerprint density at radius 2 is 2.26 bits per heavy atom. The highest BCUT2D eigenvalue weighted by Gasteiger charge is 2.48. The Morgan fingerprint density at radius 3 is 3.11 bits per heavy atom. The maximum Gasteiger partial charge on any atom is 0.275 e. The molecule has 2 unspecified atom stereocenters. The minimum absolute atomic E-state index is 0.0312. The number of anilines is 1. The lowest BCUT2D eigenvalue weighted by Gasteiger charge is -2.27. The number of fused-ring (bicyclic) bond motifs is 6. The minimum atomic E-state index is -0.0312. The lowest BCUT2D eigenvalue weighted by atomic mass is 10.0. The van der Waals surface area contributed by atoms with Crippen LogP contribution in [0.15, 0.2) is 35.5 Å². The summed E-state index contributed by atoms with van der Waals surface area (Å²) in [5, 5.41) is 0.918. The van der Waals surface area contributed by atoms with Crippen LogP contribution in [0.5, 0.6) is 5.75 Å². The van der Waals surface area contributed by atoms with Gasteiger partial charge in [0.15, 0.2) is 5.75 Å². The summed E-state index contributed by atoms with van der Waals surface area (Å²) in [4.78, 5) is 25.4. The van der Waals surface area contributed by atoms with Crippen LogP contribution in [0.2, 0.25) is 0 Å². The number of hydrogen-bond acceptors (Lipinski definition) is 6. The molecule has 0 radical (unpaired) electrons. The highest BCUT2D eigenvalue weighted by atomic mass is 32.1. The normalized spacial score (nSPS) is 25.9. The Morgan fingerprint density at radius 1 is 1.37 bits per heavy atom. The van der Waals surface area contributed by atoms with Crippen LogP contribution < -0.4 is 15.2 Å². The predicted molar refractivity (Wildman–Crippen MR) is 108 cm³/mol. The van der Waals surface area contributed by atoms with E-state index in [4.69, 9.17) is 4.74 Å². The zero-order valence-corrected chi connectivity index (χ0v) is 15.9. The molecule has 0 saturated heterocycles. The number of allylic oxidation sites excluding steroid dienone is 4. The molecule has 4 heterocycles. The molecule has 1 saturated carbocycles. The third-order valence-corrected chi connectivity index (χ3v) is 7.12. The summed E-state index contributed by atoms with van der Waals surface area (Å²) < 4.78 is 8.08. The fraction of sp³-hybridized carbons (Fsp3) is 0.350. The molecule has 0 aromatic carbocycles. The van der Waals surface area contributed by atoms with Gasteiger partial charge in [-0.3, -0.25) is 9.36 Å². The number of likely N-dealkylation sites (N-methyl/N-ethyl adjacent to an activating group) is 1. The molecule has 6 nitrogen and oxygen atoms in total. The monoisotopic (exact) mass is 378 g/mol. The standard InChI is InChI=1S/C20H18N4O2S/c1-20-4-3-12(7-11(20)8-20)24-10-22-15-14-16-13(26-6-5-23(16)2)9-21-18(14)27-17(15)19(24)25/h3-4,7,9-11H,5-6,8H2,1-2H3. The second kappa shape index (κ2) is 4.98. The zero-order chi connectivity index (χ0) is 18.3. The van der Waals surface area contributed by atoms with Crippen LogP contribution in [0.4, 0.5) is 5.69 Å². The zero-order valence-electron chi connectivity index (χ0n) is 15.1. The summed E-state index contributed by atoms with van der Waals surface area (Å²) in [5.41, 5.74) is 2.87. The summed E-state index contributed by atoms with van der Waals surface area (Å²) in [6.45, 7) is 3.70. The van der Waals surface area contributed by atoms with E-state index in [0.717, 1.165) is 45.8 Å². The van der Waals surface area contributed by atoms with Gasteiger partial charge in [0.25, 0.3) is 5.56 Å². The van der Waals surface area contributed by atoms with E-state index in [1.54, 1.807) is 17.1 Å². The third-order valence-electron chi connectivity index (χ3n) is 6.05. The Bertz CT molecular complexity index is 1250. The molecule has 3 aliphatic rings. The van der Waals surface area contributed by atoms with Gasteiger partial charge in [-0.05, 0) is 23.8 Å². The second-order valence-corrected chi connectivity index (χ2v) is 8.86. The van der Waals surface area contributed by atoms with Gasteiger partial charge in [-0.25, -0.2) is 9.97 Å². The second-order valence-electron chi connectivity index (χ2n) is 7.86. The molecule has 0 bridgehead atoms. The first-order valence-electron chi connectivity index (χ1n) is 9.13. The van der Waals surface area contributed by atoms with Crippen molar-refractivity contribution < 1.29 is 4.74 Å². The molecule has 7 heteroatoms. The van der Waals surface area contributed by atoms with E-state index in [-0.39, 0.29) is 11.0 Å². The van der Waals surface area contributed by atoms with Gasteiger partial charge in [0, 0.05) is 12.7 Å². The molecule has 0 spiro atoms. The first-order chi connectivity index (χ1) is 13.0. The average molecular weight is 378 g/mol. The van der Waals surface area contributed by atoms with Gasteiger partial charge in [-0.2, -0.15) is 0 Å². The van der Waals surface area contributed by atoms with Crippen molar-refractivity contribution in [3.05, 3.63) is 41.1 Å². The van der Waals surface area contributed by atoms with Crippen LogP contribution >= 0.6 is 11.3 Å². The van der Waals surface area contributed by atoms with Gasteiger partial charge in [0.1, 0.15) is 28.0 Å². The van der Waals surface area contributed by atoms with Crippen LogP contribution in [0, 0.1) is 11.3 Å². The Hall–Kier alpha value is -2.67. The Labute approximate surface area is 159 Å². The van der Waals surface area contributed by atoms with Crippen molar-refractivity contribution in [1.29, 1.82) is 0 Å². The largest absolute Gasteiger partial charge is 0.488 e. The average Bonchev–Trinajstić information content (AvgIpc) is 3.19. The van der Waals surface area contributed by atoms with E-state index in [2.05, 4.69) is 33.9 Å². The summed E-state index contributed by atoms with van der Waals surface area (Å²) in [7, 11) is 2.04. The van der Waals surface area contributed by atoms with Gasteiger partial charge in [0.05, 0.1) is 23.8 Å². The minimum Gasteiger partial charge on any atom is -0.488 e. The fourth-order valence-electron chi connectivity index (χ4n) is 4.19. The number of nitrogens with zero attached hydrogens (tertiary/aromatic N) is 4. The van der Waals surface area contributed by atoms with E-state index in [9.17, 15) is 4.79 Å². The van der Waals surface area contributed by atoms with Crippen molar-refractivity contribution in [1.82, 2.24) is 14.5 Å². The van der Waals surface area contributed by atoms with Gasteiger partial charge in [-0.15, -0.1) is 11.3 Å². The van der Waals surface area contributed by atoms with Crippen LogP contribution in [0.25, 0.3) is 26.1 Å². The Kier molecular flexibility index (Phi) is 2.84. The lowest BCUT2D eigenvalue weighted by Crippen LogP contribution is -2.29. The Balaban J connectivity index is 1.59. The van der Waals surface area contributed by atoms with E-state index in [1.807, 2.05) is 13.1 Å². The summed E-state index contributed by atoms with van der Waals surface area (Å²) in [5.74, 6) is 1.29. The number of pyridine rings is 1. The van der Waals surface area contributed by atoms with Crippen molar-refractivity contribution in [2.45, 2.75) is 13.3 Å². The van der Waals surface area contributed by atoms with Crippen LogP contribution in [0.1, 0.15) is 13.3 Å². The molecular formula is C20H18N4O2S. The van der Waals surface area contributed by atoms with Gasteiger partial charge < -0.3 is 9.64 Å². The van der Waals surface area contributed by atoms with E-state index < -0.39 is 0 Å². The first-order valence-corrected chi connectivity index (χ1v) is 9.95. The smallest absolute Gasteiger partial charge is 0.275 e. The summed E-state index contributed by atoms with van der Waals surface area (Å²) >= 11 is 1.41. The van der Waals surface area contributed by atoms with Gasteiger partial charge >= 0.3 is 0 Å². The van der Waals surface area contributed by atoms with E-state index in [0.29, 0.717) is 17.2 Å². The van der Waals surface area contributed by atoms with Crippen molar-refractivity contribution in [2.75, 3.05) is 25.1 Å². The predicted octanol–water partition coefficient (Wildman–Crippen LogP) is 3.27. The number of thiophene rings is 1. The van der Waals surface area contributed by atoms with Crippen LogP contribution in [-0.2, 0) is 0 Å². The molecule has 1 aliphatic heterocycles. The molecule has 3 aromatic heterocycles. The molecule has 2 atom stereocenters. The molecular weight excluding hydrogens is 360 g/mol. The quantitative estimate of drug-likeness (QED) is 0.650. The van der Waals surface area contributed by atoms with Crippen molar-refractivity contribution >= 4 is 43.2 Å². The van der Waals surface area contributed by atoms with Crippen LogP contribution in [-0.4, -0.2) is 34.7 Å². The summed E-state index contributed by atoms with van der Waals surface area (Å²) in [6, 6.07) is 0. The SMILES string of the molecule is CN1CCOc2cnc3sc4c(=O)n(C5=CC6CC6(C)C=C5)cnc4c3c21. The van der Waals surface area contributed by atoms with Gasteiger partial charge in [-0.1, -0.05) is 19.1 Å². The number of ether oxygens (including phenoxy) is 1. The molecule has 0 amide bonds. The molecule has 2 aliphatic carbocycles. The fourth-order valence-corrected chi connectivity index (χ4v) is 5.22. The number of aromatic nitrogens is 3. The maximum atomic E-state index is 13.2. The summed E-state index contributed by atoms with van der Waals surface area (Å²) in [6.07, 6.45) is 11.0. The van der Waals surface area contributed by atoms with Gasteiger partial charge in [0.2, 0.25) is 0 Å². The molecule has 3 aromatic rings. The molecule has 6 rings (SSSR count). The molecule has 27 heavy (non-hydrogen) atoms. The van der Waals surface area contributed by atoms with Crippen molar-refractivity contribution in [3.8, 4) is 5.75 Å². The van der Waals surface area contributed by atoms with Crippen molar-refractivity contribution in [2.24, 2.45) is 11.3 Å². The number of hydrogen-bond donors (Lipinski definition) is 0. The maximum absolute atomic E-state index is 13.2. The van der Waals surface area contributed by atoms with E-state index >= 15 is 0 Å². The van der Waals surface area contributed by atoms with Crippen molar-refractivity contribution in [3.63, 3.8) is 0 Å². The molecule has 1 fully saturated rings. The van der Waals surface area contributed by atoms with Crippen LogP contribution in [0.3, 0.4) is 0 Å². The highest BCUT2D eigenvalue weighted by Crippen LogP contribution is 2.57. The highest BCUT2D eigenvalue weighted by molar-refractivity contribution is 7.25. The number of rotatable bonds is 1. The van der Waals surface area contributed by atoms with E-state index in [1.165, 1.54) is 11.3 Å². The molecule has 0 N–H and O–H groups in total. The first kappa shape index (κ1) is 15.4. The molecule has 136 valence electrons.